The van der Waals surface area contributed by atoms with Crippen LogP contribution in [0.15, 0.2) is 23.8 Å². The van der Waals surface area contributed by atoms with Crippen molar-refractivity contribution in [2.75, 3.05) is 0 Å². The minimum absolute atomic E-state index is 0.742. The van der Waals surface area contributed by atoms with E-state index in [1.807, 2.05) is 13.0 Å². The molecule has 18 heavy (non-hydrogen) atoms. The van der Waals surface area contributed by atoms with Gasteiger partial charge in [-0.3, -0.25) is 4.98 Å². The van der Waals surface area contributed by atoms with Crippen LogP contribution in [0.5, 0.6) is 0 Å². The van der Waals surface area contributed by atoms with Crippen LogP contribution in [0.25, 0.3) is 11.0 Å². The number of H-pyrrole nitrogens is 1. The van der Waals surface area contributed by atoms with E-state index >= 15 is 0 Å². The first kappa shape index (κ1) is 11.6. The van der Waals surface area contributed by atoms with Gasteiger partial charge in [0.1, 0.15) is 0 Å². The lowest BCUT2D eigenvalue weighted by Gasteiger charge is -2.02. The molecular weight excluding hydrogens is 264 g/mol. The van der Waals surface area contributed by atoms with Crippen molar-refractivity contribution in [3.63, 3.8) is 0 Å². The van der Waals surface area contributed by atoms with E-state index in [0.717, 1.165) is 39.5 Å². The maximum atomic E-state index is 5.34. The normalized spacial score (nSPS) is 11.2. The smallest absolute Gasteiger partial charge is 0.178 e. The van der Waals surface area contributed by atoms with Crippen molar-refractivity contribution in [1.82, 2.24) is 19.5 Å². The minimum atomic E-state index is 0.742. The van der Waals surface area contributed by atoms with Gasteiger partial charge >= 0.3 is 0 Å². The average molecular weight is 276 g/mol. The predicted octanol–water partition coefficient (Wildman–Crippen LogP) is 3.10. The van der Waals surface area contributed by atoms with Crippen LogP contribution in [0.1, 0.15) is 10.7 Å². The van der Waals surface area contributed by atoms with E-state index in [2.05, 4.69) is 24.9 Å². The molecule has 0 radical (unpaired) electrons. The number of hydrogen-bond donors (Lipinski definition) is 1. The molecule has 0 aliphatic heterocycles. The number of aromatic nitrogens is 4. The second-order valence-corrected chi connectivity index (χ2v) is 5.44. The van der Waals surface area contributed by atoms with E-state index in [0.29, 0.717) is 0 Å². The van der Waals surface area contributed by atoms with Crippen LogP contribution in [0.4, 0.5) is 0 Å². The highest BCUT2D eigenvalue weighted by Gasteiger charge is 2.05. The van der Waals surface area contributed by atoms with Gasteiger partial charge < -0.3 is 9.55 Å². The molecule has 3 heterocycles. The predicted molar refractivity (Wildman–Crippen MR) is 75.5 cm³/mol. The molecule has 0 saturated heterocycles. The van der Waals surface area contributed by atoms with Gasteiger partial charge in [0.25, 0.3) is 0 Å². The Morgan fingerprint density at radius 3 is 3.17 bits per heavy atom. The summed E-state index contributed by atoms with van der Waals surface area (Å²) in [5.74, 6) is 0. The van der Waals surface area contributed by atoms with Gasteiger partial charge in [-0.1, -0.05) is 0 Å². The summed E-state index contributed by atoms with van der Waals surface area (Å²) in [5.41, 5.74) is 3.17. The minimum Gasteiger partial charge on any atom is -0.329 e. The van der Waals surface area contributed by atoms with Gasteiger partial charge in [0, 0.05) is 30.2 Å². The maximum absolute atomic E-state index is 5.34. The topological polar surface area (TPSA) is 46.5 Å². The Hall–Kier alpha value is -1.53. The van der Waals surface area contributed by atoms with Crippen molar-refractivity contribution in [3.05, 3.63) is 39.3 Å². The third-order valence-electron chi connectivity index (χ3n) is 2.79. The highest BCUT2D eigenvalue weighted by molar-refractivity contribution is 7.71. The van der Waals surface area contributed by atoms with E-state index < -0.39 is 0 Å². The van der Waals surface area contributed by atoms with Crippen molar-refractivity contribution >= 4 is 34.6 Å². The number of rotatable bonds is 3. The number of imidazole rings is 1. The molecular formula is C12H12N4S2. The largest absolute Gasteiger partial charge is 0.329 e. The zero-order chi connectivity index (χ0) is 12.5. The number of nitrogens with one attached hydrogen (secondary N) is 1. The molecule has 0 fully saturated rings. The van der Waals surface area contributed by atoms with Gasteiger partial charge in [0.2, 0.25) is 0 Å². The Bertz CT molecular complexity index is 738. The number of pyridine rings is 1. The van der Waals surface area contributed by atoms with Gasteiger partial charge in [-0.05, 0) is 25.2 Å². The van der Waals surface area contributed by atoms with Crippen LogP contribution in [0.2, 0.25) is 0 Å². The first-order valence-corrected chi connectivity index (χ1v) is 6.96. The molecule has 0 bridgehead atoms. The van der Waals surface area contributed by atoms with Crippen molar-refractivity contribution in [2.45, 2.75) is 19.9 Å². The summed E-state index contributed by atoms with van der Waals surface area (Å²) in [6.45, 7) is 2.86. The maximum Gasteiger partial charge on any atom is 0.178 e. The van der Waals surface area contributed by atoms with E-state index in [4.69, 9.17) is 12.2 Å². The summed E-state index contributed by atoms with van der Waals surface area (Å²) < 4.78 is 2.84. The Morgan fingerprint density at radius 2 is 2.39 bits per heavy atom. The Labute approximate surface area is 113 Å². The third-order valence-corrected chi connectivity index (χ3v) is 4.14. The lowest BCUT2D eigenvalue weighted by Crippen LogP contribution is -2.01. The first-order chi connectivity index (χ1) is 8.74. The molecule has 0 amide bonds. The Kier molecular flexibility index (Phi) is 2.97. The van der Waals surface area contributed by atoms with Crippen LogP contribution in [0.3, 0.4) is 0 Å². The number of fused-ring (bicyclic) bond motifs is 1. The van der Waals surface area contributed by atoms with Crippen molar-refractivity contribution < 1.29 is 0 Å². The van der Waals surface area contributed by atoms with Crippen molar-refractivity contribution in [3.8, 4) is 0 Å². The molecule has 3 rings (SSSR count). The summed E-state index contributed by atoms with van der Waals surface area (Å²) in [5, 5.41) is 3.23. The highest BCUT2D eigenvalue weighted by atomic mass is 32.1. The standard InChI is InChI=1S/C12H12N4S2/c1-8-7-18-11(14-8)3-5-16-10-2-4-13-6-9(10)15-12(16)17/h2,4,6-7H,3,5H2,1H3,(H,15,17). The van der Waals surface area contributed by atoms with E-state index in [-0.39, 0.29) is 0 Å². The molecule has 0 aliphatic carbocycles. The van der Waals surface area contributed by atoms with E-state index in [9.17, 15) is 0 Å². The molecule has 1 N–H and O–H groups in total. The molecule has 92 valence electrons. The zero-order valence-electron chi connectivity index (χ0n) is 9.88. The quantitative estimate of drug-likeness (QED) is 0.748. The SMILES string of the molecule is Cc1csc(CCn2c(=S)[nH]c3cnccc32)n1. The lowest BCUT2D eigenvalue weighted by molar-refractivity contribution is 0.702. The van der Waals surface area contributed by atoms with Crippen LogP contribution < -0.4 is 0 Å². The number of aryl methyl sites for hydroxylation is 3. The highest BCUT2D eigenvalue weighted by Crippen LogP contribution is 2.15. The number of nitrogens with zero attached hydrogens (tertiary/aromatic N) is 3. The first-order valence-electron chi connectivity index (χ1n) is 5.67. The summed E-state index contributed by atoms with van der Waals surface area (Å²) in [4.78, 5) is 11.7. The van der Waals surface area contributed by atoms with E-state index in [1.165, 1.54) is 0 Å². The fraction of sp³-hybridized carbons (Fsp3) is 0.250. The molecule has 3 aromatic rings. The van der Waals surface area contributed by atoms with Crippen LogP contribution in [0, 0.1) is 11.7 Å². The number of aromatic amines is 1. The van der Waals surface area contributed by atoms with Gasteiger partial charge in [0.05, 0.1) is 22.2 Å². The van der Waals surface area contributed by atoms with Gasteiger partial charge in [0.15, 0.2) is 4.77 Å². The fourth-order valence-corrected chi connectivity index (χ4v) is 3.02. The lowest BCUT2D eigenvalue weighted by atomic mass is 10.4. The molecule has 4 nitrogen and oxygen atoms in total. The van der Waals surface area contributed by atoms with Crippen LogP contribution >= 0.6 is 23.6 Å². The molecule has 0 saturated carbocycles. The summed E-state index contributed by atoms with van der Waals surface area (Å²) in [6, 6.07) is 1.98. The molecule has 0 spiro atoms. The van der Waals surface area contributed by atoms with E-state index in [1.54, 1.807) is 23.7 Å². The van der Waals surface area contributed by atoms with Crippen molar-refractivity contribution in [2.24, 2.45) is 0 Å². The average Bonchev–Trinajstić information content (AvgIpc) is 2.90. The third kappa shape index (κ3) is 2.09. The van der Waals surface area contributed by atoms with Gasteiger partial charge in [-0.2, -0.15) is 0 Å². The molecule has 3 aromatic heterocycles. The summed E-state index contributed by atoms with van der Waals surface area (Å²) >= 11 is 7.04. The molecule has 0 unspecified atom stereocenters. The molecule has 6 heteroatoms. The Morgan fingerprint density at radius 1 is 1.50 bits per heavy atom. The molecule has 0 atom stereocenters. The molecule has 0 aliphatic rings. The van der Waals surface area contributed by atoms with Crippen molar-refractivity contribution in [1.29, 1.82) is 0 Å². The Balaban J connectivity index is 1.90. The van der Waals surface area contributed by atoms with Crippen LogP contribution in [-0.2, 0) is 13.0 Å². The monoisotopic (exact) mass is 276 g/mol. The molecule has 0 aromatic carbocycles. The summed E-state index contributed by atoms with van der Waals surface area (Å²) in [7, 11) is 0. The zero-order valence-corrected chi connectivity index (χ0v) is 11.5. The second-order valence-electron chi connectivity index (χ2n) is 4.11. The van der Waals surface area contributed by atoms with Gasteiger partial charge in [-0.25, -0.2) is 4.98 Å². The van der Waals surface area contributed by atoms with Crippen LogP contribution in [-0.4, -0.2) is 19.5 Å². The number of thiazole rings is 1. The number of hydrogen-bond acceptors (Lipinski definition) is 4. The van der Waals surface area contributed by atoms with Gasteiger partial charge in [-0.15, -0.1) is 11.3 Å². The summed E-state index contributed by atoms with van der Waals surface area (Å²) in [6.07, 6.45) is 4.49. The second kappa shape index (κ2) is 4.62. The fourth-order valence-electron chi connectivity index (χ4n) is 1.96.